The number of nitrogens with one attached hydrogen (secondary N) is 1. The maximum Gasteiger partial charge on any atom is 0.444 e. The smallest absolute Gasteiger partial charge is 0.366 e. The number of anilines is 3. The van der Waals surface area contributed by atoms with Gasteiger partial charge in [-0.05, 0) is 40.3 Å². The average Bonchev–Trinajstić information content (AvgIpc) is 2.66. The monoisotopic (exact) mass is 468 g/mol. The summed E-state index contributed by atoms with van der Waals surface area (Å²) in [6.45, 7) is 0. The number of rotatable bonds is 6. The van der Waals surface area contributed by atoms with Crippen molar-refractivity contribution >= 4 is 43.7 Å². The summed E-state index contributed by atoms with van der Waals surface area (Å²) in [6.07, 6.45) is 2.77. The molecule has 16 heteroatoms. The van der Waals surface area contributed by atoms with Crippen molar-refractivity contribution in [2.45, 2.75) is 9.79 Å². The number of nitrogens with zero attached hydrogens (tertiary/aromatic N) is 4. The Hall–Kier alpha value is -3.73. The topological polar surface area (TPSA) is 232 Å². The molecule has 3 rings (SSSR count). The maximum atomic E-state index is 11.6. The minimum Gasteiger partial charge on any atom is -0.366 e. The van der Waals surface area contributed by atoms with Gasteiger partial charge in [0.05, 0.1) is 28.5 Å². The number of carbonyl (C=O) groups is 1. The van der Waals surface area contributed by atoms with E-state index in [-0.39, 0.29) is 23.4 Å². The predicted octanol–water partition coefficient (Wildman–Crippen LogP) is -0.934. The first kappa shape index (κ1) is 22.0. The Kier molecular flexibility index (Phi) is 5.55. The molecule has 0 bridgehead atoms. The maximum absolute atomic E-state index is 11.6. The summed E-state index contributed by atoms with van der Waals surface area (Å²) < 4.78 is 66.0. The molecule has 2 heterocycles. The minimum absolute atomic E-state index is 0.0996. The Bertz CT molecular complexity index is 1410. The van der Waals surface area contributed by atoms with E-state index in [2.05, 4.69) is 20.3 Å². The molecule has 3 aromatic rings. The van der Waals surface area contributed by atoms with E-state index in [9.17, 15) is 30.7 Å². The number of pyridine rings is 1. The first-order valence-electron chi connectivity index (χ1n) is 8.04. The van der Waals surface area contributed by atoms with Crippen molar-refractivity contribution in [2.75, 3.05) is 11.1 Å². The SMILES string of the molecule is NC(=O)c1ccc[n+](-c2nc(N)nc(Nc3cc(S(=O)(=O)O)ccc3S(=O)(=O)O)n2)c1. The molecule has 0 spiro atoms. The van der Waals surface area contributed by atoms with E-state index in [1.807, 2.05) is 0 Å². The number of carbonyl (C=O) groups excluding carboxylic acids is 1. The van der Waals surface area contributed by atoms with E-state index in [4.69, 9.17) is 11.5 Å². The lowest BCUT2D eigenvalue weighted by atomic mass is 10.3. The summed E-state index contributed by atoms with van der Waals surface area (Å²) in [5.41, 5.74) is 10.6. The molecule has 0 saturated heterocycles. The first-order valence-corrected chi connectivity index (χ1v) is 10.9. The molecular formula is C15H14N7O7S2+. The predicted molar refractivity (Wildman–Crippen MR) is 104 cm³/mol. The molecule has 0 aliphatic heterocycles. The van der Waals surface area contributed by atoms with Crippen molar-refractivity contribution in [3.8, 4) is 5.95 Å². The van der Waals surface area contributed by atoms with Crippen LogP contribution < -0.4 is 21.4 Å². The number of primary amides is 1. The van der Waals surface area contributed by atoms with Crippen molar-refractivity contribution in [1.82, 2.24) is 15.0 Å². The number of benzene rings is 1. The van der Waals surface area contributed by atoms with Gasteiger partial charge in [-0.15, -0.1) is 4.98 Å². The number of hydrogen-bond acceptors (Lipinski definition) is 10. The second-order valence-electron chi connectivity index (χ2n) is 5.91. The van der Waals surface area contributed by atoms with Gasteiger partial charge in [0.2, 0.25) is 0 Å². The highest BCUT2D eigenvalue weighted by Crippen LogP contribution is 2.27. The molecule has 1 aromatic carbocycles. The quantitative estimate of drug-likeness (QED) is 0.218. The van der Waals surface area contributed by atoms with Gasteiger partial charge in [0, 0.05) is 0 Å². The number of amides is 1. The van der Waals surface area contributed by atoms with Crippen LogP contribution in [0.4, 0.5) is 17.6 Å². The summed E-state index contributed by atoms with van der Waals surface area (Å²) in [7, 11) is -9.50. The van der Waals surface area contributed by atoms with Gasteiger partial charge in [-0.3, -0.25) is 13.9 Å². The second-order valence-corrected chi connectivity index (χ2v) is 8.73. The fourth-order valence-corrected chi connectivity index (χ4v) is 3.54. The van der Waals surface area contributed by atoms with Crippen molar-refractivity contribution in [1.29, 1.82) is 0 Å². The molecule has 0 unspecified atom stereocenters. The van der Waals surface area contributed by atoms with Gasteiger partial charge in [0.25, 0.3) is 26.1 Å². The van der Waals surface area contributed by atoms with Gasteiger partial charge in [-0.25, -0.2) is 4.57 Å². The van der Waals surface area contributed by atoms with Gasteiger partial charge in [-0.2, -0.15) is 16.8 Å². The lowest BCUT2D eigenvalue weighted by Crippen LogP contribution is -2.35. The Morgan fingerprint density at radius 1 is 1.03 bits per heavy atom. The van der Waals surface area contributed by atoms with Gasteiger partial charge in [-0.1, -0.05) is 0 Å². The van der Waals surface area contributed by atoms with Crippen LogP contribution in [0.25, 0.3) is 5.95 Å². The molecule has 162 valence electrons. The zero-order valence-electron chi connectivity index (χ0n) is 15.2. The van der Waals surface area contributed by atoms with Crippen LogP contribution in [0.3, 0.4) is 0 Å². The standard InChI is InChI=1S/C15H13N7O7S2/c16-12(23)8-2-1-5-22(7-8)15-20-13(17)19-14(21-15)18-10-6-9(30(24,25)26)3-4-11(10)31(27,28)29/h1-7H,(H6-,16,17,18,19,20,21,23,24,25,26,27,28,29)/p+1. The van der Waals surface area contributed by atoms with Crippen molar-refractivity contribution < 1.29 is 35.3 Å². The van der Waals surface area contributed by atoms with Crippen LogP contribution in [-0.2, 0) is 20.2 Å². The molecule has 31 heavy (non-hydrogen) atoms. The van der Waals surface area contributed by atoms with E-state index >= 15 is 0 Å². The molecular weight excluding hydrogens is 454 g/mol. The lowest BCUT2D eigenvalue weighted by molar-refractivity contribution is -0.603. The normalized spacial score (nSPS) is 11.8. The van der Waals surface area contributed by atoms with Crippen LogP contribution in [0, 0.1) is 0 Å². The molecule has 2 aromatic heterocycles. The fourth-order valence-electron chi connectivity index (χ4n) is 2.41. The molecule has 0 radical (unpaired) electrons. The molecule has 0 atom stereocenters. The Morgan fingerprint density at radius 2 is 1.74 bits per heavy atom. The van der Waals surface area contributed by atoms with Gasteiger partial charge >= 0.3 is 17.8 Å². The summed E-state index contributed by atoms with van der Waals surface area (Å²) in [6, 6.07) is 5.22. The molecule has 0 aliphatic rings. The second kappa shape index (κ2) is 7.84. The third kappa shape index (κ3) is 5.07. The van der Waals surface area contributed by atoms with E-state index in [0.717, 1.165) is 18.2 Å². The van der Waals surface area contributed by atoms with Gasteiger partial charge in [0.1, 0.15) is 4.90 Å². The van der Waals surface area contributed by atoms with Gasteiger partial charge < -0.3 is 16.8 Å². The lowest BCUT2D eigenvalue weighted by Gasteiger charge is -2.09. The third-order valence-electron chi connectivity index (χ3n) is 3.73. The summed E-state index contributed by atoms with van der Waals surface area (Å²) in [5.74, 6) is -1.47. The number of aromatic nitrogens is 4. The van der Waals surface area contributed by atoms with Crippen LogP contribution >= 0.6 is 0 Å². The molecule has 0 fully saturated rings. The first-order chi connectivity index (χ1) is 14.3. The number of hydrogen-bond donors (Lipinski definition) is 5. The van der Waals surface area contributed by atoms with Gasteiger partial charge in [0.15, 0.2) is 0 Å². The summed E-state index contributed by atoms with van der Waals surface area (Å²) in [5, 5.41) is 2.42. The van der Waals surface area contributed by atoms with E-state index in [0.29, 0.717) is 0 Å². The van der Waals surface area contributed by atoms with E-state index in [1.54, 1.807) is 0 Å². The molecule has 0 aliphatic carbocycles. The van der Waals surface area contributed by atoms with E-state index < -0.39 is 41.6 Å². The highest BCUT2D eigenvalue weighted by molar-refractivity contribution is 7.86. The largest absolute Gasteiger partial charge is 0.444 e. The van der Waals surface area contributed by atoms with Crippen molar-refractivity contribution in [2.24, 2.45) is 5.73 Å². The van der Waals surface area contributed by atoms with Crippen LogP contribution in [0.2, 0.25) is 0 Å². The Balaban J connectivity index is 2.12. The van der Waals surface area contributed by atoms with Crippen molar-refractivity contribution in [3.05, 3.63) is 48.3 Å². The average molecular weight is 468 g/mol. The minimum atomic E-state index is -4.80. The highest BCUT2D eigenvalue weighted by Gasteiger charge is 2.23. The summed E-state index contributed by atoms with van der Waals surface area (Å²) >= 11 is 0. The zero-order chi connectivity index (χ0) is 23.0. The highest BCUT2D eigenvalue weighted by atomic mass is 32.2. The van der Waals surface area contributed by atoms with Crippen LogP contribution in [-0.4, -0.2) is 46.8 Å². The molecule has 0 saturated carbocycles. The van der Waals surface area contributed by atoms with Crippen LogP contribution in [0.15, 0.2) is 52.5 Å². The number of nitrogen functional groups attached to an aromatic ring is 1. The van der Waals surface area contributed by atoms with Crippen LogP contribution in [0.5, 0.6) is 0 Å². The molecule has 14 nitrogen and oxygen atoms in total. The van der Waals surface area contributed by atoms with Crippen molar-refractivity contribution in [3.63, 3.8) is 0 Å². The summed E-state index contributed by atoms with van der Waals surface area (Å²) in [4.78, 5) is 21.7. The van der Waals surface area contributed by atoms with E-state index in [1.165, 1.54) is 29.1 Å². The molecule has 1 amide bonds. The van der Waals surface area contributed by atoms with Crippen LogP contribution in [0.1, 0.15) is 10.4 Å². The third-order valence-corrected chi connectivity index (χ3v) is 5.49. The fraction of sp³-hybridized carbons (Fsp3) is 0. The Morgan fingerprint density at radius 3 is 2.35 bits per heavy atom. The zero-order valence-corrected chi connectivity index (χ0v) is 16.9. The Labute approximate surface area is 175 Å². The number of nitrogens with two attached hydrogens (primary N) is 2. The molecule has 7 N–H and O–H groups in total.